The number of hydrogen-bond donors (Lipinski definition) is 0. The van der Waals surface area contributed by atoms with E-state index in [2.05, 4.69) is 13.0 Å². The number of cyclic esters (lactones) is 4. The molecule has 206 valence electrons. The SMILES string of the molecule is CCCC1CCC(c2ccc(OC3C4C(=O)OC(=O)C4c4ccccc4C3C3CC(=O)OC3=O)c(C#N)c2)CC1. The molecule has 0 bridgehead atoms. The number of esters is 4. The molecule has 2 saturated heterocycles. The van der Waals surface area contributed by atoms with Gasteiger partial charge in [0.15, 0.2) is 0 Å². The van der Waals surface area contributed by atoms with Crippen molar-refractivity contribution in [3.05, 3.63) is 64.7 Å². The van der Waals surface area contributed by atoms with Crippen LogP contribution in [0, 0.1) is 29.1 Å². The van der Waals surface area contributed by atoms with Crippen molar-refractivity contribution < 1.29 is 33.4 Å². The third-order valence-corrected chi connectivity index (χ3v) is 9.22. The van der Waals surface area contributed by atoms with Gasteiger partial charge in [0.1, 0.15) is 23.8 Å². The zero-order valence-electron chi connectivity index (χ0n) is 22.3. The van der Waals surface area contributed by atoms with Gasteiger partial charge < -0.3 is 14.2 Å². The van der Waals surface area contributed by atoms with Crippen molar-refractivity contribution >= 4 is 23.9 Å². The molecule has 2 aliphatic carbocycles. The fourth-order valence-corrected chi connectivity index (χ4v) is 7.34. The Morgan fingerprint density at radius 2 is 1.65 bits per heavy atom. The molecule has 0 aromatic heterocycles. The largest absolute Gasteiger partial charge is 0.487 e. The molecular weight excluding hydrogens is 510 g/mol. The molecule has 0 radical (unpaired) electrons. The number of nitrogens with zero attached hydrogens (tertiary/aromatic N) is 1. The van der Waals surface area contributed by atoms with Crippen molar-refractivity contribution in [1.82, 2.24) is 0 Å². The molecule has 2 aromatic rings. The second kappa shape index (κ2) is 10.5. The van der Waals surface area contributed by atoms with Crippen molar-refractivity contribution in [1.29, 1.82) is 5.26 Å². The van der Waals surface area contributed by atoms with Crippen LogP contribution in [0.1, 0.15) is 91.9 Å². The van der Waals surface area contributed by atoms with Crippen LogP contribution >= 0.6 is 0 Å². The number of carbonyl (C=O) groups excluding carboxylic acids is 4. The van der Waals surface area contributed by atoms with E-state index in [1.54, 1.807) is 30.3 Å². The van der Waals surface area contributed by atoms with Gasteiger partial charge in [0.05, 0.1) is 23.8 Å². The number of nitriles is 1. The first kappa shape index (κ1) is 26.2. The van der Waals surface area contributed by atoms with Gasteiger partial charge in [-0.15, -0.1) is 0 Å². The Hall–Kier alpha value is -3.99. The standard InChI is InChI=1S/C32H31NO7/c1-2-5-17-8-10-18(11-9-17)19-12-13-24(20(14-19)16-33)38-29-26(23-15-25(34)39-30(23)35)21-6-3-4-7-22(21)27-28(29)32(37)40-31(27)36/h3-4,6-7,12-14,17-18,23,26-29H,2,5,8-11,15H2,1H3. The molecular formula is C32H31NO7. The van der Waals surface area contributed by atoms with Crippen LogP contribution in [0.15, 0.2) is 42.5 Å². The van der Waals surface area contributed by atoms with E-state index in [-0.39, 0.29) is 12.2 Å². The van der Waals surface area contributed by atoms with E-state index < -0.39 is 53.7 Å². The predicted molar refractivity (Wildman–Crippen MR) is 141 cm³/mol. The lowest BCUT2D eigenvalue weighted by atomic mass is 9.65. The van der Waals surface area contributed by atoms with Crippen molar-refractivity contribution in [2.75, 3.05) is 0 Å². The summed E-state index contributed by atoms with van der Waals surface area (Å²) < 4.78 is 16.4. The fraction of sp³-hybridized carbons (Fsp3) is 0.469. The van der Waals surface area contributed by atoms with E-state index in [9.17, 15) is 24.4 Å². The van der Waals surface area contributed by atoms with Gasteiger partial charge in [-0.3, -0.25) is 19.2 Å². The van der Waals surface area contributed by atoms with E-state index in [0.717, 1.165) is 24.3 Å². The van der Waals surface area contributed by atoms with E-state index in [4.69, 9.17) is 14.2 Å². The average Bonchev–Trinajstić information content (AvgIpc) is 3.45. The molecule has 2 heterocycles. The van der Waals surface area contributed by atoms with Crippen molar-refractivity contribution in [2.24, 2.45) is 17.8 Å². The molecule has 8 heteroatoms. The summed E-state index contributed by atoms with van der Waals surface area (Å²) in [5, 5.41) is 10.1. The molecule has 0 spiro atoms. The summed E-state index contributed by atoms with van der Waals surface area (Å²) in [5.74, 6) is -4.93. The van der Waals surface area contributed by atoms with E-state index in [1.165, 1.54) is 25.7 Å². The number of carbonyl (C=O) groups is 4. The van der Waals surface area contributed by atoms with Gasteiger partial charge in [-0.1, -0.05) is 50.1 Å². The third kappa shape index (κ3) is 4.47. The first-order chi connectivity index (χ1) is 19.4. The quantitative estimate of drug-likeness (QED) is 0.368. The summed E-state index contributed by atoms with van der Waals surface area (Å²) in [6.45, 7) is 2.22. The zero-order valence-corrected chi connectivity index (χ0v) is 22.3. The topological polar surface area (TPSA) is 120 Å². The minimum absolute atomic E-state index is 0.164. The van der Waals surface area contributed by atoms with Gasteiger partial charge in [0, 0.05) is 5.92 Å². The Kier molecular flexibility index (Phi) is 6.91. The molecule has 0 amide bonds. The Morgan fingerprint density at radius 1 is 0.900 bits per heavy atom. The molecule has 5 unspecified atom stereocenters. The molecule has 5 atom stereocenters. The molecule has 8 nitrogen and oxygen atoms in total. The Bertz CT molecular complexity index is 1420. The zero-order chi connectivity index (χ0) is 28.0. The highest BCUT2D eigenvalue weighted by atomic mass is 16.6. The predicted octanol–water partition coefficient (Wildman–Crippen LogP) is 5.05. The number of benzene rings is 2. The summed E-state index contributed by atoms with van der Waals surface area (Å²) in [7, 11) is 0. The van der Waals surface area contributed by atoms with Gasteiger partial charge >= 0.3 is 23.9 Å². The summed E-state index contributed by atoms with van der Waals surface area (Å²) in [6, 6.07) is 14.9. The van der Waals surface area contributed by atoms with Crippen molar-refractivity contribution in [2.45, 2.75) is 75.7 Å². The third-order valence-electron chi connectivity index (χ3n) is 9.22. The molecule has 6 rings (SSSR count). The normalized spacial score (nSPS) is 31.1. The molecule has 3 fully saturated rings. The van der Waals surface area contributed by atoms with Gasteiger partial charge in [-0.25, -0.2) is 0 Å². The Labute approximate surface area is 232 Å². The average molecular weight is 542 g/mol. The summed E-state index contributed by atoms with van der Waals surface area (Å²) in [6.07, 6.45) is 5.77. The first-order valence-corrected chi connectivity index (χ1v) is 14.2. The van der Waals surface area contributed by atoms with Gasteiger partial charge in [-0.05, 0) is 66.3 Å². The Balaban J connectivity index is 1.36. The van der Waals surface area contributed by atoms with Gasteiger partial charge in [-0.2, -0.15) is 5.26 Å². The van der Waals surface area contributed by atoms with Crippen molar-refractivity contribution in [3.63, 3.8) is 0 Å². The molecule has 40 heavy (non-hydrogen) atoms. The second-order valence-electron chi connectivity index (χ2n) is 11.5. The highest BCUT2D eigenvalue weighted by Gasteiger charge is 2.60. The highest BCUT2D eigenvalue weighted by molar-refractivity contribution is 6.01. The number of rotatable bonds is 6. The van der Waals surface area contributed by atoms with E-state index in [1.807, 2.05) is 12.1 Å². The molecule has 4 aliphatic rings. The maximum atomic E-state index is 13.1. The van der Waals surface area contributed by atoms with Crippen LogP contribution in [-0.2, 0) is 28.7 Å². The number of hydrogen-bond acceptors (Lipinski definition) is 8. The first-order valence-electron chi connectivity index (χ1n) is 14.2. The van der Waals surface area contributed by atoms with Gasteiger partial charge in [0.25, 0.3) is 0 Å². The smallest absolute Gasteiger partial charge is 0.322 e. The van der Waals surface area contributed by atoms with E-state index >= 15 is 0 Å². The second-order valence-corrected chi connectivity index (χ2v) is 11.5. The van der Waals surface area contributed by atoms with Crippen LogP contribution in [0.2, 0.25) is 0 Å². The summed E-state index contributed by atoms with van der Waals surface area (Å²) >= 11 is 0. The lowest BCUT2D eigenvalue weighted by Gasteiger charge is -2.40. The van der Waals surface area contributed by atoms with Crippen LogP contribution in [0.25, 0.3) is 0 Å². The lowest BCUT2D eigenvalue weighted by molar-refractivity contribution is -0.156. The van der Waals surface area contributed by atoms with Crippen LogP contribution < -0.4 is 4.74 Å². The van der Waals surface area contributed by atoms with Gasteiger partial charge in [0.2, 0.25) is 0 Å². The number of fused-ring (bicyclic) bond motifs is 3. The maximum Gasteiger partial charge on any atom is 0.322 e. The van der Waals surface area contributed by atoms with Crippen LogP contribution in [0.5, 0.6) is 5.75 Å². The molecule has 1 saturated carbocycles. The summed E-state index contributed by atoms with van der Waals surface area (Å²) in [4.78, 5) is 50.8. The molecule has 0 N–H and O–H groups in total. The lowest BCUT2D eigenvalue weighted by Crippen LogP contribution is -2.46. The minimum Gasteiger partial charge on any atom is -0.487 e. The monoisotopic (exact) mass is 541 g/mol. The minimum atomic E-state index is -1.03. The van der Waals surface area contributed by atoms with Crippen LogP contribution in [0.3, 0.4) is 0 Å². The number of ether oxygens (including phenoxy) is 3. The molecule has 2 aromatic carbocycles. The van der Waals surface area contributed by atoms with Crippen LogP contribution in [0.4, 0.5) is 0 Å². The van der Waals surface area contributed by atoms with Crippen molar-refractivity contribution in [3.8, 4) is 11.8 Å². The van der Waals surface area contributed by atoms with Crippen LogP contribution in [-0.4, -0.2) is 30.0 Å². The fourth-order valence-electron chi connectivity index (χ4n) is 7.34. The molecule has 2 aliphatic heterocycles. The summed E-state index contributed by atoms with van der Waals surface area (Å²) in [5.41, 5.74) is 2.62. The maximum absolute atomic E-state index is 13.1. The van der Waals surface area contributed by atoms with E-state index in [0.29, 0.717) is 22.6 Å². The Morgan fingerprint density at radius 3 is 2.33 bits per heavy atom. The highest BCUT2D eigenvalue weighted by Crippen LogP contribution is 2.52.